The van der Waals surface area contributed by atoms with E-state index >= 15 is 0 Å². The summed E-state index contributed by atoms with van der Waals surface area (Å²) >= 11 is 0. The molecule has 0 heterocycles. The van der Waals surface area contributed by atoms with Crippen LogP contribution in [-0.4, -0.2) is 25.4 Å². The molecule has 0 amide bonds. The Labute approximate surface area is 118 Å². The minimum absolute atomic E-state index is 0.222. The van der Waals surface area contributed by atoms with Gasteiger partial charge in [0.25, 0.3) is 0 Å². The summed E-state index contributed by atoms with van der Waals surface area (Å²) in [5, 5.41) is 0. The lowest BCUT2D eigenvalue weighted by Crippen LogP contribution is -2.38. The second-order valence-corrected chi connectivity index (χ2v) is 8.62. The highest BCUT2D eigenvalue weighted by molar-refractivity contribution is 5.15. The van der Waals surface area contributed by atoms with Crippen LogP contribution in [-0.2, 0) is 9.47 Å². The van der Waals surface area contributed by atoms with Crippen molar-refractivity contribution in [2.24, 2.45) is 22.7 Å². The molecule has 0 radical (unpaired) electrons. The summed E-state index contributed by atoms with van der Waals surface area (Å²) in [6.07, 6.45) is 6.39. The Morgan fingerprint density at radius 1 is 0.789 bits per heavy atom. The lowest BCUT2D eigenvalue weighted by atomic mass is 9.96. The third-order valence-electron chi connectivity index (χ3n) is 3.74. The fourth-order valence-corrected chi connectivity index (χ4v) is 2.86. The van der Waals surface area contributed by atoms with E-state index in [-0.39, 0.29) is 23.0 Å². The largest absolute Gasteiger partial charge is 0.374 e. The van der Waals surface area contributed by atoms with Crippen molar-refractivity contribution in [1.82, 2.24) is 0 Å². The molecular weight excluding hydrogens is 236 g/mol. The average molecular weight is 266 g/mol. The first-order valence-electron chi connectivity index (χ1n) is 7.57. The summed E-state index contributed by atoms with van der Waals surface area (Å²) in [5.74, 6) is 1.13. The number of hydrogen-bond donors (Lipinski definition) is 0. The van der Waals surface area contributed by atoms with Crippen LogP contribution < -0.4 is 0 Å². The lowest BCUT2D eigenvalue weighted by Gasteiger charge is -2.32. The Balaban J connectivity index is 1.94. The fraction of sp³-hybridized carbons (Fsp3) is 0.882. The predicted molar refractivity (Wildman–Crippen MR) is 79.1 cm³/mol. The molecule has 19 heavy (non-hydrogen) atoms. The maximum absolute atomic E-state index is 6.20. The molecule has 110 valence electrons. The summed E-state index contributed by atoms with van der Waals surface area (Å²) < 4.78 is 12.4. The maximum Gasteiger partial charge on any atom is 0.0905 e. The second-order valence-electron chi connectivity index (χ2n) is 8.62. The monoisotopic (exact) mass is 266 g/mol. The summed E-state index contributed by atoms with van der Waals surface area (Å²) in [7, 11) is 0. The van der Waals surface area contributed by atoms with Gasteiger partial charge in [0.1, 0.15) is 0 Å². The fourth-order valence-electron chi connectivity index (χ4n) is 2.86. The minimum atomic E-state index is 0.222. The van der Waals surface area contributed by atoms with Crippen molar-refractivity contribution in [2.45, 2.75) is 60.2 Å². The van der Waals surface area contributed by atoms with E-state index in [1.807, 2.05) is 0 Å². The number of fused-ring (bicyclic) bond motifs is 2. The minimum Gasteiger partial charge on any atom is -0.374 e. The normalized spacial score (nSPS) is 34.2. The molecule has 0 aliphatic heterocycles. The van der Waals surface area contributed by atoms with Crippen molar-refractivity contribution < 1.29 is 9.47 Å². The first-order valence-corrected chi connectivity index (χ1v) is 7.57. The quantitative estimate of drug-likeness (QED) is 0.715. The van der Waals surface area contributed by atoms with Crippen LogP contribution in [0.15, 0.2) is 12.2 Å². The van der Waals surface area contributed by atoms with Crippen LogP contribution in [0.2, 0.25) is 0 Å². The number of ether oxygens (including phenoxy) is 2. The summed E-state index contributed by atoms with van der Waals surface area (Å²) in [6.45, 7) is 15.0. The van der Waals surface area contributed by atoms with Crippen molar-refractivity contribution in [3.63, 3.8) is 0 Å². The molecule has 2 nitrogen and oxygen atoms in total. The van der Waals surface area contributed by atoms with Gasteiger partial charge in [-0.05, 0) is 17.3 Å². The molecule has 2 heteroatoms. The molecule has 2 aliphatic rings. The van der Waals surface area contributed by atoms with Gasteiger partial charge in [-0.2, -0.15) is 0 Å². The average Bonchev–Trinajstić information content (AvgIpc) is 2.81. The maximum atomic E-state index is 6.20. The van der Waals surface area contributed by atoms with E-state index in [1.165, 1.54) is 6.42 Å². The van der Waals surface area contributed by atoms with E-state index in [4.69, 9.17) is 9.47 Å². The first kappa shape index (κ1) is 15.1. The van der Waals surface area contributed by atoms with Crippen LogP contribution in [0.25, 0.3) is 0 Å². The topological polar surface area (TPSA) is 18.5 Å². The lowest BCUT2D eigenvalue weighted by molar-refractivity contribution is -0.105. The van der Waals surface area contributed by atoms with Gasteiger partial charge < -0.3 is 9.47 Å². The summed E-state index contributed by atoms with van der Waals surface area (Å²) in [4.78, 5) is 0. The van der Waals surface area contributed by atoms with E-state index in [9.17, 15) is 0 Å². The van der Waals surface area contributed by atoms with E-state index in [0.29, 0.717) is 11.8 Å². The molecule has 0 saturated heterocycles. The third-order valence-corrected chi connectivity index (χ3v) is 3.74. The zero-order chi connectivity index (χ0) is 14.3. The molecule has 0 N–H and O–H groups in total. The molecule has 4 atom stereocenters. The van der Waals surface area contributed by atoms with Crippen molar-refractivity contribution in [3.8, 4) is 0 Å². The molecule has 1 fully saturated rings. The van der Waals surface area contributed by atoms with Crippen molar-refractivity contribution in [2.75, 3.05) is 13.2 Å². The standard InChI is InChI=1S/C17H30O2/c1-16(2,3)10-18-14-12-7-8-13(9-12)15(14)19-11-17(4,5)6/h7-8,12-15H,9-11H2,1-6H3/t12-,13+,14-,15+. The first-order chi connectivity index (χ1) is 8.66. The smallest absolute Gasteiger partial charge is 0.0905 e. The highest BCUT2D eigenvalue weighted by Crippen LogP contribution is 2.43. The molecule has 1 saturated carbocycles. The Hall–Kier alpha value is -0.340. The number of hydrogen-bond acceptors (Lipinski definition) is 2. The van der Waals surface area contributed by atoms with Crippen LogP contribution in [0.4, 0.5) is 0 Å². The molecule has 2 aliphatic carbocycles. The molecular formula is C17H30O2. The summed E-state index contributed by atoms with van der Waals surface area (Å²) in [6, 6.07) is 0. The van der Waals surface area contributed by atoms with Crippen LogP contribution in [0.1, 0.15) is 48.0 Å². The van der Waals surface area contributed by atoms with Gasteiger partial charge in [0, 0.05) is 11.8 Å². The van der Waals surface area contributed by atoms with Gasteiger partial charge in [-0.15, -0.1) is 0 Å². The Morgan fingerprint density at radius 2 is 1.16 bits per heavy atom. The van der Waals surface area contributed by atoms with Crippen molar-refractivity contribution in [3.05, 3.63) is 12.2 Å². The Morgan fingerprint density at radius 3 is 1.47 bits per heavy atom. The Bertz CT molecular complexity index is 300. The van der Waals surface area contributed by atoms with E-state index < -0.39 is 0 Å². The molecule has 0 aromatic heterocycles. The van der Waals surface area contributed by atoms with E-state index in [2.05, 4.69) is 53.7 Å². The van der Waals surface area contributed by atoms with Crippen LogP contribution in [0, 0.1) is 22.7 Å². The predicted octanol–water partition coefficient (Wildman–Crippen LogP) is 4.05. The molecule has 0 unspecified atom stereocenters. The molecule has 0 aromatic carbocycles. The zero-order valence-corrected chi connectivity index (χ0v) is 13.4. The molecule has 2 rings (SSSR count). The van der Waals surface area contributed by atoms with E-state index in [1.54, 1.807) is 0 Å². The third kappa shape index (κ3) is 4.06. The van der Waals surface area contributed by atoms with Gasteiger partial charge in [-0.25, -0.2) is 0 Å². The van der Waals surface area contributed by atoms with Gasteiger partial charge in [0.05, 0.1) is 25.4 Å². The molecule has 2 bridgehead atoms. The van der Waals surface area contributed by atoms with Gasteiger partial charge in [0.15, 0.2) is 0 Å². The number of rotatable bonds is 4. The molecule has 0 spiro atoms. The van der Waals surface area contributed by atoms with Gasteiger partial charge >= 0.3 is 0 Å². The SMILES string of the molecule is CC(C)(C)CO[C@@H]1[C@H](OCC(C)(C)C)[C@@H]2C=C[C@H]1C2. The second kappa shape index (κ2) is 5.21. The van der Waals surface area contributed by atoms with Gasteiger partial charge in [-0.3, -0.25) is 0 Å². The van der Waals surface area contributed by atoms with E-state index in [0.717, 1.165) is 13.2 Å². The van der Waals surface area contributed by atoms with Crippen LogP contribution >= 0.6 is 0 Å². The van der Waals surface area contributed by atoms with Gasteiger partial charge in [0.2, 0.25) is 0 Å². The van der Waals surface area contributed by atoms with Crippen LogP contribution in [0.5, 0.6) is 0 Å². The van der Waals surface area contributed by atoms with Crippen LogP contribution in [0.3, 0.4) is 0 Å². The highest BCUT2D eigenvalue weighted by Gasteiger charge is 2.46. The highest BCUT2D eigenvalue weighted by atomic mass is 16.5. The van der Waals surface area contributed by atoms with Gasteiger partial charge in [-0.1, -0.05) is 53.7 Å². The van der Waals surface area contributed by atoms with Crippen molar-refractivity contribution >= 4 is 0 Å². The van der Waals surface area contributed by atoms with Crippen molar-refractivity contribution in [1.29, 1.82) is 0 Å². The molecule has 0 aromatic rings. The zero-order valence-electron chi connectivity index (χ0n) is 13.4. The Kier molecular flexibility index (Phi) is 4.13. The summed E-state index contributed by atoms with van der Waals surface area (Å²) in [5.41, 5.74) is 0.445.